The highest BCUT2D eigenvalue weighted by molar-refractivity contribution is 5.95. The minimum atomic E-state index is -0.281. The summed E-state index contributed by atoms with van der Waals surface area (Å²) in [6.07, 6.45) is 6.15. The zero-order chi connectivity index (χ0) is 19.3. The van der Waals surface area contributed by atoms with Crippen molar-refractivity contribution >= 4 is 11.6 Å². The molecule has 1 atom stereocenters. The Morgan fingerprint density at radius 1 is 1.04 bits per heavy atom. The number of hydrogen-bond donors (Lipinski definition) is 1. The van der Waals surface area contributed by atoms with Crippen molar-refractivity contribution in [2.24, 2.45) is 7.05 Å². The van der Waals surface area contributed by atoms with E-state index in [0.717, 1.165) is 37.2 Å². The fraction of sp³-hybridized carbons (Fsp3) is 0.304. The number of carbonyl (C=O) groups excluding carboxylic acids is 1. The molecule has 0 radical (unpaired) electrons. The van der Waals surface area contributed by atoms with Crippen molar-refractivity contribution in [1.29, 1.82) is 0 Å². The van der Waals surface area contributed by atoms with Gasteiger partial charge in [0.25, 0.3) is 0 Å². The summed E-state index contributed by atoms with van der Waals surface area (Å²) in [5, 5.41) is 7.40. The Kier molecular flexibility index (Phi) is 5.53. The minimum Gasteiger partial charge on any atom is -0.324 e. The van der Waals surface area contributed by atoms with Crippen molar-refractivity contribution in [2.45, 2.75) is 24.8 Å². The van der Waals surface area contributed by atoms with Crippen molar-refractivity contribution < 1.29 is 4.79 Å². The molecule has 0 aliphatic carbocycles. The standard InChI is InChI=1S/C23H26N4O/c1-26-17-20(16-24-26)18-12-14-27(15-13-18)22(19-8-4-2-5-9-19)23(28)25-21-10-6-3-7-11-21/h2-11,16-18,22H,12-15H2,1H3,(H,25,28)/t22-/m0/s1. The van der Waals surface area contributed by atoms with Crippen LogP contribution in [0.5, 0.6) is 0 Å². The maximum absolute atomic E-state index is 13.2. The van der Waals surface area contributed by atoms with Gasteiger partial charge in [0.2, 0.25) is 5.91 Å². The fourth-order valence-electron chi connectivity index (χ4n) is 4.04. The maximum Gasteiger partial charge on any atom is 0.246 e. The first-order valence-corrected chi connectivity index (χ1v) is 9.84. The predicted molar refractivity (Wildman–Crippen MR) is 111 cm³/mol. The van der Waals surface area contributed by atoms with Gasteiger partial charge < -0.3 is 5.32 Å². The third-order valence-corrected chi connectivity index (χ3v) is 5.50. The summed E-state index contributed by atoms with van der Waals surface area (Å²) in [5.74, 6) is 0.538. The number of nitrogens with zero attached hydrogens (tertiary/aromatic N) is 3. The second-order valence-corrected chi connectivity index (χ2v) is 7.43. The minimum absolute atomic E-state index is 0.0252. The highest BCUT2D eigenvalue weighted by Gasteiger charge is 2.31. The summed E-state index contributed by atoms with van der Waals surface area (Å²) in [7, 11) is 1.96. The lowest BCUT2D eigenvalue weighted by molar-refractivity contribution is -0.122. The van der Waals surface area contributed by atoms with Gasteiger partial charge in [-0.25, -0.2) is 0 Å². The Balaban J connectivity index is 1.50. The number of likely N-dealkylation sites (tertiary alicyclic amines) is 1. The molecule has 28 heavy (non-hydrogen) atoms. The molecule has 144 valence electrons. The van der Waals surface area contributed by atoms with Gasteiger partial charge in [0.15, 0.2) is 0 Å². The van der Waals surface area contributed by atoms with E-state index < -0.39 is 0 Å². The van der Waals surface area contributed by atoms with Gasteiger partial charge in [-0.1, -0.05) is 48.5 Å². The Morgan fingerprint density at radius 2 is 1.68 bits per heavy atom. The topological polar surface area (TPSA) is 50.2 Å². The molecule has 0 saturated carbocycles. The van der Waals surface area contributed by atoms with Crippen LogP contribution in [-0.2, 0) is 11.8 Å². The number of anilines is 1. The van der Waals surface area contributed by atoms with Crippen LogP contribution in [-0.4, -0.2) is 33.7 Å². The molecule has 0 spiro atoms. The lowest BCUT2D eigenvalue weighted by Crippen LogP contribution is -2.41. The lowest BCUT2D eigenvalue weighted by atomic mass is 9.90. The Bertz CT molecular complexity index is 899. The molecule has 0 unspecified atom stereocenters. The second kappa shape index (κ2) is 8.40. The maximum atomic E-state index is 13.2. The monoisotopic (exact) mass is 374 g/mol. The van der Waals surface area contributed by atoms with Crippen LogP contribution in [0.1, 0.15) is 35.9 Å². The Hall–Kier alpha value is -2.92. The number of carbonyl (C=O) groups is 1. The first kappa shape index (κ1) is 18.4. The van der Waals surface area contributed by atoms with E-state index in [1.54, 1.807) is 0 Å². The van der Waals surface area contributed by atoms with E-state index in [4.69, 9.17) is 0 Å². The summed E-state index contributed by atoms with van der Waals surface area (Å²) >= 11 is 0. The van der Waals surface area contributed by atoms with Gasteiger partial charge in [0.05, 0.1) is 6.20 Å². The third kappa shape index (κ3) is 4.15. The molecule has 2 aromatic carbocycles. The molecular weight excluding hydrogens is 348 g/mol. The average molecular weight is 374 g/mol. The number of aromatic nitrogens is 2. The van der Waals surface area contributed by atoms with Gasteiger partial charge >= 0.3 is 0 Å². The first-order valence-electron chi connectivity index (χ1n) is 9.84. The molecule has 1 aliphatic heterocycles. The SMILES string of the molecule is Cn1cc(C2CCN([C@H](C(=O)Nc3ccccc3)c3ccccc3)CC2)cn1. The fourth-order valence-corrected chi connectivity index (χ4v) is 4.04. The number of aryl methyl sites for hydroxylation is 1. The molecular formula is C23H26N4O. The summed E-state index contributed by atoms with van der Waals surface area (Å²) in [5.41, 5.74) is 3.17. The zero-order valence-corrected chi connectivity index (χ0v) is 16.2. The van der Waals surface area contributed by atoms with Gasteiger partial charge in [0.1, 0.15) is 6.04 Å². The van der Waals surface area contributed by atoms with E-state index in [2.05, 4.69) is 21.5 Å². The van der Waals surface area contributed by atoms with Crippen LogP contribution in [0.25, 0.3) is 0 Å². The van der Waals surface area contributed by atoms with Crippen LogP contribution in [0.15, 0.2) is 73.1 Å². The van der Waals surface area contributed by atoms with Gasteiger partial charge in [0, 0.05) is 18.9 Å². The smallest absolute Gasteiger partial charge is 0.246 e. The van der Waals surface area contributed by atoms with E-state index in [-0.39, 0.29) is 11.9 Å². The normalized spacial score (nSPS) is 16.6. The van der Waals surface area contributed by atoms with Crippen molar-refractivity contribution in [2.75, 3.05) is 18.4 Å². The van der Waals surface area contributed by atoms with Crippen LogP contribution >= 0.6 is 0 Å². The molecule has 5 nitrogen and oxygen atoms in total. The predicted octanol–water partition coefficient (Wildman–Crippen LogP) is 3.98. The summed E-state index contributed by atoms with van der Waals surface area (Å²) < 4.78 is 1.86. The number of rotatable bonds is 5. The van der Waals surface area contributed by atoms with Crippen molar-refractivity contribution in [3.63, 3.8) is 0 Å². The van der Waals surface area contributed by atoms with Crippen LogP contribution < -0.4 is 5.32 Å². The van der Waals surface area contributed by atoms with Crippen LogP contribution in [0.3, 0.4) is 0 Å². The van der Waals surface area contributed by atoms with Crippen molar-refractivity contribution in [3.05, 3.63) is 84.2 Å². The molecule has 2 heterocycles. The van der Waals surface area contributed by atoms with Gasteiger partial charge in [-0.2, -0.15) is 5.10 Å². The molecule has 1 aliphatic rings. The summed E-state index contributed by atoms with van der Waals surface area (Å²) in [6, 6.07) is 19.5. The molecule has 5 heteroatoms. The van der Waals surface area contributed by atoms with E-state index >= 15 is 0 Å². The van der Waals surface area contributed by atoms with E-state index in [1.807, 2.05) is 78.6 Å². The molecule has 0 bridgehead atoms. The van der Waals surface area contributed by atoms with Crippen LogP contribution in [0.2, 0.25) is 0 Å². The lowest BCUT2D eigenvalue weighted by Gasteiger charge is -2.36. The quantitative estimate of drug-likeness (QED) is 0.735. The van der Waals surface area contributed by atoms with Gasteiger partial charge in [-0.3, -0.25) is 14.4 Å². The molecule has 1 aromatic heterocycles. The van der Waals surface area contributed by atoms with Crippen LogP contribution in [0, 0.1) is 0 Å². The van der Waals surface area contributed by atoms with Gasteiger partial charge in [-0.15, -0.1) is 0 Å². The number of piperidine rings is 1. The zero-order valence-electron chi connectivity index (χ0n) is 16.2. The first-order chi connectivity index (χ1) is 13.7. The van der Waals surface area contributed by atoms with E-state index in [9.17, 15) is 4.79 Å². The molecule has 3 aromatic rings. The second-order valence-electron chi connectivity index (χ2n) is 7.43. The Labute approximate surface area is 166 Å². The highest BCUT2D eigenvalue weighted by atomic mass is 16.2. The molecule has 1 fully saturated rings. The number of amides is 1. The molecule has 1 amide bonds. The van der Waals surface area contributed by atoms with Gasteiger partial charge in [-0.05, 0) is 55.1 Å². The number of para-hydroxylation sites is 1. The van der Waals surface area contributed by atoms with Crippen molar-refractivity contribution in [1.82, 2.24) is 14.7 Å². The number of nitrogens with one attached hydrogen (secondary N) is 1. The van der Waals surface area contributed by atoms with Crippen molar-refractivity contribution in [3.8, 4) is 0 Å². The summed E-state index contributed by atoms with van der Waals surface area (Å²) in [6.45, 7) is 1.78. The number of hydrogen-bond acceptors (Lipinski definition) is 3. The molecule has 4 rings (SSSR count). The largest absolute Gasteiger partial charge is 0.324 e. The average Bonchev–Trinajstić information content (AvgIpc) is 3.17. The third-order valence-electron chi connectivity index (χ3n) is 5.50. The highest BCUT2D eigenvalue weighted by Crippen LogP contribution is 2.32. The summed E-state index contributed by atoms with van der Waals surface area (Å²) in [4.78, 5) is 15.5. The number of benzene rings is 2. The van der Waals surface area contributed by atoms with Crippen LogP contribution in [0.4, 0.5) is 5.69 Å². The van der Waals surface area contributed by atoms with E-state index in [1.165, 1.54) is 5.56 Å². The molecule has 1 N–H and O–H groups in total. The molecule has 1 saturated heterocycles. The van der Waals surface area contributed by atoms with E-state index in [0.29, 0.717) is 5.92 Å². The Morgan fingerprint density at radius 3 is 2.29 bits per heavy atom.